The summed E-state index contributed by atoms with van der Waals surface area (Å²) in [5, 5.41) is 7.71. The van der Waals surface area contributed by atoms with Crippen molar-refractivity contribution in [3.63, 3.8) is 0 Å². The first-order valence-electron chi connectivity index (χ1n) is 9.60. The zero-order valence-electron chi connectivity index (χ0n) is 16.6. The molecule has 0 aliphatic rings. The lowest BCUT2D eigenvalue weighted by atomic mass is 10.1. The van der Waals surface area contributed by atoms with Gasteiger partial charge in [-0.15, -0.1) is 0 Å². The van der Waals surface area contributed by atoms with Gasteiger partial charge in [-0.2, -0.15) is 5.10 Å². The lowest BCUT2D eigenvalue weighted by molar-refractivity contribution is -0.121. The van der Waals surface area contributed by atoms with E-state index in [1.165, 1.54) is 6.07 Å². The average molecular weight is 434 g/mol. The highest BCUT2D eigenvalue weighted by Gasteiger charge is 2.11. The highest BCUT2D eigenvalue weighted by molar-refractivity contribution is 6.37. The molecule has 2 aromatic rings. The minimum atomic E-state index is -0.319. The predicted octanol–water partition coefficient (Wildman–Crippen LogP) is 6.06. The molecule has 0 aliphatic heterocycles. The SMILES string of the molecule is CCCCCCC(=O)N/N=C(\C)c1ccc(NC(=O)c2ccc(Cl)cc2Cl)cc1. The topological polar surface area (TPSA) is 70.6 Å². The van der Waals surface area contributed by atoms with E-state index in [-0.39, 0.29) is 11.8 Å². The van der Waals surface area contributed by atoms with E-state index in [9.17, 15) is 9.59 Å². The number of anilines is 1. The van der Waals surface area contributed by atoms with E-state index in [2.05, 4.69) is 22.8 Å². The number of halogens is 2. The van der Waals surface area contributed by atoms with Gasteiger partial charge in [0, 0.05) is 17.1 Å². The smallest absolute Gasteiger partial charge is 0.257 e. The summed E-state index contributed by atoms with van der Waals surface area (Å²) < 4.78 is 0. The number of unbranched alkanes of at least 4 members (excludes halogenated alkanes) is 3. The Balaban J connectivity index is 1.91. The molecule has 154 valence electrons. The Labute approximate surface area is 181 Å². The van der Waals surface area contributed by atoms with Gasteiger partial charge in [0.25, 0.3) is 5.91 Å². The zero-order chi connectivity index (χ0) is 21.2. The van der Waals surface area contributed by atoms with Crippen molar-refractivity contribution >= 4 is 46.4 Å². The number of rotatable bonds is 9. The average Bonchev–Trinajstić information content (AvgIpc) is 2.70. The van der Waals surface area contributed by atoms with Crippen molar-refractivity contribution in [2.24, 2.45) is 5.10 Å². The molecule has 2 N–H and O–H groups in total. The Hall–Kier alpha value is -2.37. The lowest BCUT2D eigenvalue weighted by Crippen LogP contribution is -2.18. The fourth-order valence-electron chi connectivity index (χ4n) is 2.65. The second kappa shape index (κ2) is 11.6. The molecule has 0 aliphatic carbocycles. The standard InChI is InChI=1S/C22H25Cl2N3O2/c1-3-4-5-6-7-21(28)27-26-15(2)16-8-11-18(12-9-16)25-22(29)19-13-10-17(23)14-20(19)24/h8-14H,3-7H2,1-2H3,(H,25,29)(H,27,28)/b26-15+. The molecule has 0 aromatic heterocycles. The first-order chi connectivity index (χ1) is 13.9. The van der Waals surface area contributed by atoms with Gasteiger partial charge in [-0.05, 0) is 49.2 Å². The van der Waals surface area contributed by atoms with E-state index >= 15 is 0 Å². The van der Waals surface area contributed by atoms with Crippen LogP contribution in [0.3, 0.4) is 0 Å². The van der Waals surface area contributed by atoms with E-state index in [1.807, 2.05) is 19.1 Å². The van der Waals surface area contributed by atoms with Crippen LogP contribution in [0.4, 0.5) is 5.69 Å². The number of hydrogen-bond acceptors (Lipinski definition) is 3. The molecule has 2 amide bonds. The van der Waals surface area contributed by atoms with Gasteiger partial charge in [0.1, 0.15) is 0 Å². The molecule has 2 rings (SSSR count). The Morgan fingerprint density at radius 2 is 1.72 bits per heavy atom. The maximum absolute atomic E-state index is 12.4. The molecule has 0 spiro atoms. The van der Waals surface area contributed by atoms with Crippen LogP contribution in [0.1, 0.15) is 61.9 Å². The van der Waals surface area contributed by atoms with E-state index in [0.717, 1.165) is 31.2 Å². The number of carbonyl (C=O) groups excluding carboxylic acids is 2. The number of nitrogens with one attached hydrogen (secondary N) is 2. The number of nitrogens with zero attached hydrogens (tertiary/aromatic N) is 1. The normalized spacial score (nSPS) is 11.2. The van der Waals surface area contributed by atoms with Gasteiger partial charge in [-0.3, -0.25) is 9.59 Å². The lowest BCUT2D eigenvalue weighted by Gasteiger charge is -2.08. The number of amides is 2. The second-order valence-corrected chi connectivity index (χ2v) is 7.54. The molecule has 0 atom stereocenters. The summed E-state index contributed by atoms with van der Waals surface area (Å²) in [6.45, 7) is 3.95. The Morgan fingerprint density at radius 1 is 1.00 bits per heavy atom. The monoisotopic (exact) mass is 433 g/mol. The fourth-order valence-corrected chi connectivity index (χ4v) is 3.14. The molecule has 2 aromatic carbocycles. The molecule has 0 heterocycles. The largest absolute Gasteiger partial charge is 0.322 e. The Bertz CT molecular complexity index is 880. The van der Waals surface area contributed by atoms with E-state index in [1.54, 1.807) is 24.3 Å². The number of hydrazone groups is 1. The maximum atomic E-state index is 12.4. The molecular formula is C22H25Cl2N3O2. The molecule has 7 heteroatoms. The van der Waals surface area contributed by atoms with Crippen molar-refractivity contribution in [2.45, 2.75) is 46.0 Å². The van der Waals surface area contributed by atoms with Crippen LogP contribution in [0.2, 0.25) is 10.0 Å². The molecule has 0 saturated heterocycles. The quantitative estimate of drug-likeness (QED) is 0.286. The molecule has 0 saturated carbocycles. The van der Waals surface area contributed by atoms with Crippen molar-refractivity contribution in [2.75, 3.05) is 5.32 Å². The highest BCUT2D eigenvalue weighted by Crippen LogP contribution is 2.22. The van der Waals surface area contributed by atoms with E-state index in [0.29, 0.717) is 33.4 Å². The second-order valence-electron chi connectivity index (χ2n) is 6.70. The first kappa shape index (κ1) is 22.9. The van der Waals surface area contributed by atoms with Crippen molar-refractivity contribution < 1.29 is 9.59 Å². The number of carbonyl (C=O) groups is 2. The maximum Gasteiger partial charge on any atom is 0.257 e. The number of hydrogen-bond donors (Lipinski definition) is 2. The van der Waals surface area contributed by atoms with Crippen molar-refractivity contribution in [3.8, 4) is 0 Å². The van der Waals surface area contributed by atoms with Gasteiger partial charge < -0.3 is 5.32 Å². The van der Waals surface area contributed by atoms with Gasteiger partial charge in [-0.1, -0.05) is 61.5 Å². The van der Waals surface area contributed by atoms with Crippen LogP contribution < -0.4 is 10.7 Å². The summed E-state index contributed by atoms with van der Waals surface area (Å²) in [6, 6.07) is 11.9. The van der Waals surface area contributed by atoms with Gasteiger partial charge in [0.15, 0.2) is 0 Å². The molecule has 0 fully saturated rings. The minimum absolute atomic E-state index is 0.0795. The Morgan fingerprint density at radius 3 is 2.38 bits per heavy atom. The van der Waals surface area contributed by atoms with Crippen LogP contribution in [-0.4, -0.2) is 17.5 Å². The highest BCUT2D eigenvalue weighted by atomic mass is 35.5. The molecule has 0 bridgehead atoms. The summed E-state index contributed by atoms with van der Waals surface area (Å²) in [6.07, 6.45) is 4.70. The third-order valence-electron chi connectivity index (χ3n) is 4.34. The van der Waals surface area contributed by atoms with Crippen LogP contribution in [0, 0.1) is 0 Å². The van der Waals surface area contributed by atoms with E-state index < -0.39 is 0 Å². The molecule has 0 unspecified atom stereocenters. The summed E-state index contributed by atoms with van der Waals surface area (Å²) in [5.41, 5.74) is 5.09. The first-order valence-corrected chi connectivity index (χ1v) is 10.4. The summed E-state index contributed by atoms with van der Waals surface area (Å²) in [4.78, 5) is 24.2. The van der Waals surface area contributed by atoms with Crippen LogP contribution in [0.15, 0.2) is 47.6 Å². The molecule has 29 heavy (non-hydrogen) atoms. The van der Waals surface area contributed by atoms with Gasteiger partial charge >= 0.3 is 0 Å². The van der Waals surface area contributed by atoms with Crippen LogP contribution >= 0.6 is 23.2 Å². The molecule has 0 radical (unpaired) electrons. The van der Waals surface area contributed by atoms with Gasteiger partial charge in [0.05, 0.1) is 16.3 Å². The van der Waals surface area contributed by atoms with Crippen molar-refractivity contribution in [1.82, 2.24) is 5.43 Å². The van der Waals surface area contributed by atoms with Crippen molar-refractivity contribution in [1.29, 1.82) is 0 Å². The summed E-state index contributed by atoms with van der Waals surface area (Å²) in [5.74, 6) is -0.399. The van der Waals surface area contributed by atoms with E-state index in [4.69, 9.17) is 23.2 Å². The minimum Gasteiger partial charge on any atom is -0.322 e. The molecular weight excluding hydrogens is 409 g/mol. The summed E-state index contributed by atoms with van der Waals surface area (Å²) >= 11 is 11.9. The number of benzene rings is 2. The van der Waals surface area contributed by atoms with Gasteiger partial charge in [-0.25, -0.2) is 5.43 Å². The fraction of sp³-hybridized carbons (Fsp3) is 0.318. The third-order valence-corrected chi connectivity index (χ3v) is 4.89. The van der Waals surface area contributed by atoms with Gasteiger partial charge in [0.2, 0.25) is 5.91 Å². The Kier molecular flexibility index (Phi) is 9.16. The molecule has 5 nitrogen and oxygen atoms in total. The zero-order valence-corrected chi connectivity index (χ0v) is 18.1. The third kappa shape index (κ3) is 7.52. The van der Waals surface area contributed by atoms with Crippen LogP contribution in [0.25, 0.3) is 0 Å². The van der Waals surface area contributed by atoms with Crippen LogP contribution in [0.5, 0.6) is 0 Å². The van der Waals surface area contributed by atoms with Crippen LogP contribution in [-0.2, 0) is 4.79 Å². The predicted molar refractivity (Wildman–Crippen MR) is 120 cm³/mol. The summed E-state index contributed by atoms with van der Waals surface area (Å²) in [7, 11) is 0. The van der Waals surface area contributed by atoms with Crippen molar-refractivity contribution in [3.05, 3.63) is 63.6 Å².